The zero-order valence-electron chi connectivity index (χ0n) is 12.9. The van der Waals surface area contributed by atoms with Gasteiger partial charge in [0, 0.05) is 11.1 Å². The van der Waals surface area contributed by atoms with E-state index in [4.69, 9.17) is 10.00 Å². The standard InChI is InChI=1S/C18H12F2N4O/c19-15-4-2-1-3-13(15)17-18(25-17,9-24-11-22-10-23-24)14-6-5-12(8-21)7-16(14)20/h1-7,10-11,17H,9H2. The predicted octanol–water partition coefficient (Wildman–Crippen LogP) is 3.09. The fourth-order valence-corrected chi connectivity index (χ4v) is 3.07. The molecule has 7 heteroatoms. The number of epoxide rings is 1. The molecule has 3 aromatic rings. The Morgan fingerprint density at radius 1 is 1.20 bits per heavy atom. The minimum absolute atomic E-state index is 0.175. The van der Waals surface area contributed by atoms with Crippen molar-refractivity contribution in [3.8, 4) is 6.07 Å². The summed E-state index contributed by atoms with van der Waals surface area (Å²) in [5.41, 5.74) is -0.282. The quantitative estimate of drug-likeness (QED) is 0.686. The Morgan fingerprint density at radius 2 is 2.04 bits per heavy atom. The van der Waals surface area contributed by atoms with E-state index >= 15 is 0 Å². The van der Waals surface area contributed by atoms with Crippen LogP contribution in [-0.2, 0) is 16.9 Å². The second-order valence-corrected chi connectivity index (χ2v) is 5.81. The SMILES string of the molecule is N#Cc1ccc(C2(Cn3cncn3)OC2c2ccccc2F)c(F)c1. The molecular weight excluding hydrogens is 326 g/mol. The van der Waals surface area contributed by atoms with Gasteiger partial charge in [-0.05, 0) is 18.2 Å². The first-order chi connectivity index (χ1) is 12.1. The molecule has 1 fully saturated rings. The topological polar surface area (TPSA) is 67.0 Å². The molecule has 5 nitrogen and oxygen atoms in total. The van der Waals surface area contributed by atoms with E-state index in [0.717, 1.165) is 6.07 Å². The molecule has 1 aromatic heterocycles. The average Bonchev–Trinajstić information content (AvgIpc) is 3.08. The van der Waals surface area contributed by atoms with Crippen molar-refractivity contribution in [2.45, 2.75) is 18.2 Å². The van der Waals surface area contributed by atoms with Gasteiger partial charge in [0.15, 0.2) is 0 Å². The summed E-state index contributed by atoms with van der Waals surface area (Å²) in [7, 11) is 0. The molecule has 0 radical (unpaired) electrons. The summed E-state index contributed by atoms with van der Waals surface area (Å²) in [5.74, 6) is -0.986. The number of hydrogen-bond acceptors (Lipinski definition) is 4. The van der Waals surface area contributed by atoms with Crippen molar-refractivity contribution in [2.24, 2.45) is 0 Å². The molecule has 2 atom stereocenters. The number of aromatic nitrogens is 3. The Morgan fingerprint density at radius 3 is 2.72 bits per heavy atom. The maximum atomic E-state index is 14.6. The second-order valence-electron chi connectivity index (χ2n) is 5.81. The summed E-state index contributed by atoms with van der Waals surface area (Å²) in [4.78, 5) is 3.88. The van der Waals surface area contributed by atoms with Crippen LogP contribution in [0, 0.1) is 23.0 Å². The lowest BCUT2D eigenvalue weighted by atomic mass is 9.90. The number of rotatable bonds is 4. The van der Waals surface area contributed by atoms with E-state index in [9.17, 15) is 8.78 Å². The number of nitriles is 1. The largest absolute Gasteiger partial charge is 0.354 e. The van der Waals surface area contributed by atoms with Crippen LogP contribution in [-0.4, -0.2) is 14.8 Å². The van der Waals surface area contributed by atoms with Crippen LogP contribution in [0.2, 0.25) is 0 Å². The molecule has 0 N–H and O–H groups in total. The molecule has 1 aliphatic heterocycles. The van der Waals surface area contributed by atoms with E-state index in [1.165, 1.54) is 35.5 Å². The summed E-state index contributed by atoms with van der Waals surface area (Å²) in [6.07, 6.45) is 2.20. The summed E-state index contributed by atoms with van der Waals surface area (Å²) in [5, 5.41) is 13.0. The Hall–Kier alpha value is -3.11. The molecule has 2 unspecified atom stereocenters. The highest BCUT2D eigenvalue weighted by atomic mass is 19.1. The van der Waals surface area contributed by atoms with Crippen LogP contribution >= 0.6 is 0 Å². The molecule has 124 valence electrons. The van der Waals surface area contributed by atoms with Crippen molar-refractivity contribution < 1.29 is 13.5 Å². The second kappa shape index (κ2) is 5.76. The monoisotopic (exact) mass is 338 g/mol. The lowest BCUT2D eigenvalue weighted by Gasteiger charge is -2.15. The summed E-state index contributed by atoms with van der Waals surface area (Å²) in [6, 6.07) is 12.3. The van der Waals surface area contributed by atoms with Crippen molar-refractivity contribution in [1.82, 2.24) is 14.8 Å². The molecule has 2 heterocycles. The van der Waals surface area contributed by atoms with Crippen LogP contribution < -0.4 is 0 Å². The van der Waals surface area contributed by atoms with E-state index in [1.54, 1.807) is 18.2 Å². The maximum absolute atomic E-state index is 14.6. The predicted molar refractivity (Wildman–Crippen MR) is 83.0 cm³/mol. The molecule has 4 rings (SSSR count). The van der Waals surface area contributed by atoms with Gasteiger partial charge in [0.25, 0.3) is 0 Å². The van der Waals surface area contributed by atoms with E-state index in [2.05, 4.69) is 10.1 Å². The highest BCUT2D eigenvalue weighted by molar-refractivity contribution is 5.41. The molecule has 2 aromatic carbocycles. The number of nitrogens with zero attached hydrogens (tertiary/aromatic N) is 4. The highest BCUT2D eigenvalue weighted by Crippen LogP contribution is 2.59. The maximum Gasteiger partial charge on any atom is 0.147 e. The van der Waals surface area contributed by atoms with Crippen molar-refractivity contribution in [2.75, 3.05) is 0 Å². The average molecular weight is 338 g/mol. The van der Waals surface area contributed by atoms with Gasteiger partial charge in [0.1, 0.15) is 36.0 Å². The first-order valence-electron chi connectivity index (χ1n) is 7.59. The first kappa shape index (κ1) is 15.4. The lowest BCUT2D eigenvalue weighted by Crippen LogP contribution is -2.21. The highest BCUT2D eigenvalue weighted by Gasteiger charge is 2.61. The van der Waals surface area contributed by atoms with Crippen molar-refractivity contribution in [1.29, 1.82) is 5.26 Å². The van der Waals surface area contributed by atoms with Crippen LogP contribution in [0.5, 0.6) is 0 Å². The number of hydrogen-bond donors (Lipinski definition) is 0. The third-order valence-electron chi connectivity index (χ3n) is 4.30. The van der Waals surface area contributed by atoms with Crippen molar-refractivity contribution >= 4 is 0 Å². The van der Waals surface area contributed by atoms with Crippen LogP contribution in [0.1, 0.15) is 22.8 Å². The van der Waals surface area contributed by atoms with Gasteiger partial charge in [-0.25, -0.2) is 18.4 Å². The fourth-order valence-electron chi connectivity index (χ4n) is 3.07. The van der Waals surface area contributed by atoms with Gasteiger partial charge in [-0.2, -0.15) is 10.4 Å². The Labute approximate surface area is 142 Å². The third kappa shape index (κ3) is 2.57. The van der Waals surface area contributed by atoms with Crippen LogP contribution in [0.4, 0.5) is 8.78 Å². The van der Waals surface area contributed by atoms with Crippen LogP contribution in [0.25, 0.3) is 0 Å². The Bertz CT molecular complexity index is 967. The third-order valence-corrected chi connectivity index (χ3v) is 4.30. The van der Waals surface area contributed by atoms with Gasteiger partial charge >= 0.3 is 0 Å². The van der Waals surface area contributed by atoms with E-state index in [1.807, 2.05) is 6.07 Å². The molecule has 0 aliphatic carbocycles. The van der Waals surface area contributed by atoms with Gasteiger partial charge < -0.3 is 4.74 Å². The fraction of sp³-hybridized carbons (Fsp3) is 0.167. The molecular formula is C18H12F2N4O. The van der Waals surface area contributed by atoms with Crippen LogP contribution in [0.3, 0.4) is 0 Å². The minimum Gasteiger partial charge on any atom is -0.354 e. The number of halogens is 2. The summed E-state index contributed by atoms with van der Waals surface area (Å²) >= 11 is 0. The molecule has 1 aliphatic rings. The van der Waals surface area contributed by atoms with Crippen molar-refractivity contribution in [3.63, 3.8) is 0 Å². The number of ether oxygens (including phenoxy) is 1. The molecule has 25 heavy (non-hydrogen) atoms. The first-order valence-corrected chi connectivity index (χ1v) is 7.59. The summed E-state index contributed by atoms with van der Waals surface area (Å²) < 4.78 is 36.2. The molecule has 0 spiro atoms. The van der Waals surface area contributed by atoms with Gasteiger partial charge in [0.05, 0.1) is 18.2 Å². The smallest absolute Gasteiger partial charge is 0.147 e. The molecule has 0 amide bonds. The Balaban J connectivity index is 1.79. The molecule has 0 saturated carbocycles. The van der Waals surface area contributed by atoms with E-state index < -0.39 is 23.3 Å². The molecule has 0 bridgehead atoms. The van der Waals surface area contributed by atoms with Gasteiger partial charge in [-0.15, -0.1) is 0 Å². The van der Waals surface area contributed by atoms with Crippen molar-refractivity contribution in [3.05, 3.63) is 83.4 Å². The Kier molecular flexibility index (Phi) is 3.55. The molecule has 1 saturated heterocycles. The van der Waals surface area contributed by atoms with Gasteiger partial charge in [-0.3, -0.25) is 0 Å². The normalized spacial score (nSPS) is 21.7. The van der Waals surface area contributed by atoms with E-state index in [0.29, 0.717) is 5.56 Å². The zero-order chi connectivity index (χ0) is 17.4. The lowest BCUT2D eigenvalue weighted by molar-refractivity contribution is 0.256. The van der Waals surface area contributed by atoms with Crippen LogP contribution in [0.15, 0.2) is 55.1 Å². The van der Waals surface area contributed by atoms with Gasteiger partial charge in [-0.1, -0.05) is 24.3 Å². The van der Waals surface area contributed by atoms with Gasteiger partial charge in [0.2, 0.25) is 0 Å². The zero-order valence-corrected chi connectivity index (χ0v) is 12.9. The number of benzene rings is 2. The summed E-state index contributed by atoms with van der Waals surface area (Å²) in [6.45, 7) is 0.175. The van der Waals surface area contributed by atoms with E-state index in [-0.39, 0.29) is 17.7 Å². The minimum atomic E-state index is -1.10.